The van der Waals surface area contributed by atoms with Crippen molar-refractivity contribution in [2.24, 2.45) is 0 Å². The van der Waals surface area contributed by atoms with Crippen LogP contribution in [-0.2, 0) is 6.54 Å². The Morgan fingerprint density at radius 1 is 1.00 bits per heavy atom. The molecule has 24 heavy (non-hydrogen) atoms. The number of hydrogen-bond acceptors (Lipinski definition) is 5. The Morgan fingerprint density at radius 3 is 2.62 bits per heavy atom. The Kier molecular flexibility index (Phi) is 5.37. The monoisotopic (exact) mass is 321 g/mol. The third-order valence-electron chi connectivity index (χ3n) is 3.51. The molecule has 0 atom stereocenters. The number of benzene rings is 1. The predicted octanol–water partition coefficient (Wildman–Crippen LogP) is 3.13. The van der Waals surface area contributed by atoms with E-state index in [1.54, 1.807) is 24.7 Å². The van der Waals surface area contributed by atoms with E-state index in [9.17, 15) is 0 Å². The number of ether oxygens (including phenoxy) is 1. The van der Waals surface area contributed by atoms with E-state index in [4.69, 9.17) is 9.84 Å². The molecule has 0 saturated heterocycles. The summed E-state index contributed by atoms with van der Waals surface area (Å²) < 4.78 is 5.24. The minimum Gasteiger partial charge on any atom is -0.475 e. The number of pyridine rings is 2. The first-order valence-corrected chi connectivity index (χ1v) is 7.78. The lowest BCUT2D eigenvalue weighted by Gasteiger charge is -2.09. The van der Waals surface area contributed by atoms with E-state index in [1.807, 2.05) is 18.2 Å². The summed E-state index contributed by atoms with van der Waals surface area (Å²) in [7, 11) is 0. The van der Waals surface area contributed by atoms with Crippen LogP contribution in [0.3, 0.4) is 0 Å². The van der Waals surface area contributed by atoms with Crippen molar-refractivity contribution in [2.45, 2.75) is 6.54 Å². The fraction of sp³-hybridized carbons (Fsp3) is 0.158. The zero-order chi connectivity index (χ0) is 16.6. The molecule has 0 amide bonds. The van der Waals surface area contributed by atoms with Crippen LogP contribution in [0.1, 0.15) is 5.56 Å². The van der Waals surface area contributed by atoms with Crippen molar-refractivity contribution < 1.29 is 9.84 Å². The molecule has 3 aromatic rings. The third kappa shape index (κ3) is 4.30. The van der Waals surface area contributed by atoms with Gasteiger partial charge in [-0.15, -0.1) is 0 Å². The van der Waals surface area contributed by atoms with Crippen LogP contribution in [0.4, 0.5) is 5.69 Å². The predicted molar refractivity (Wildman–Crippen MR) is 93.8 cm³/mol. The molecule has 0 fully saturated rings. The van der Waals surface area contributed by atoms with Crippen molar-refractivity contribution >= 4 is 5.69 Å². The highest BCUT2D eigenvalue weighted by atomic mass is 16.5. The SMILES string of the molecule is OCCOc1ccc(NCc2cccc(-c3ccncc3)c2)cn1. The molecule has 5 heteroatoms. The van der Waals surface area contributed by atoms with Gasteiger partial charge in [-0.2, -0.15) is 0 Å². The fourth-order valence-electron chi connectivity index (χ4n) is 2.33. The Hall–Kier alpha value is -2.92. The minimum absolute atomic E-state index is 0.0184. The Balaban J connectivity index is 1.62. The topological polar surface area (TPSA) is 67.3 Å². The second-order valence-electron chi connectivity index (χ2n) is 5.25. The maximum absolute atomic E-state index is 8.73. The van der Waals surface area contributed by atoms with Crippen LogP contribution in [-0.4, -0.2) is 28.3 Å². The maximum atomic E-state index is 8.73. The molecule has 0 bridgehead atoms. The Bertz CT molecular complexity index is 761. The van der Waals surface area contributed by atoms with E-state index < -0.39 is 0 Å². The summed E-state index contributed by atoms with van der Waals surface area (Å²) in [6.45, 7) is 0.939. The molecule has 0 aliphatic heterocycles. The highest BCUT2D eigenvalue weighted by Crippen LogP contribution is 2.20. The van der Waals surface area contributed by atoms with E-state index in [2.05, 4.69) is 39.6 Å². The quantitative estimate of drug-likeness (QED) is 0.700. The van der Waals surface area contributed by atoms with Crippen LogP contribution in [0.15, 0.2) is 67.1 Å². The van der Waals surface area contributed by atoms with E-state index in [0.29, 0.717) is 12.4 Å². The number of hydrogen-bond donors (Lipinski definition) is 2. The number of aliphatic hydroxyl groups is 1. The second-order valence-corrected chi connectivity index (χ2v) is 5.25. The standard InChI is InChI=1S/C19H19N3O2/c23-10-11-24-19-5-4-18(14-22-19)21-13-15-2-1-3-17(12-15)16-6-8-20-9-7-16/h1-9,12,14,21,23H,10-11,13H2. The van der Waals surface area contributed by atoms with Crippen molar-refractivity contribution in [2.75, 3.05) is 18.5 Å². The first-order chi connectivity index (χ1) is 11.8. The molecule has 2 heterocycles. The largest absolute Gasteiger partial charge is 0.475 e. The zero-order valence-corrected chi connectivity index (χ0v) is 13.2. The van der Waals surface area contributed by atoms with Crippen LogP contribution < -0.4 is 10.1 Å². The van der Waals surface area contributed by atoms with Gasteiger partial charge in [-0.1, -0.05) is 18.2 Å². The van der Waals surface area contributed by atoms with Gasteiger partial charge >= 0.3 is 0 Å². The molecule has 122 valence electrons. The zero-order valence-electron chi connectivity index (χ0n) is 13.2. The van der Waals surface area contributed by atoms with Gasteiger partial charge < -0.3 is 15.2 Å². The van der Waals surface area contributed by atoms with Crippen LogP contribution in [0, 0.1) is 0 Å². The van der Waals surface area contributed by atoms with Gasteiger partial charge in [-0.3, -0.25) is 4.98 Å². The van der Waals surface area contributed by atoms with Crippen LogP contribution in [0.25, 0.3) is 11.1 Å². The Labute approximate surface area is 141 Å². The summed E-state index contributed by atoms with van der Waals surface area (Å²) in [6, 6.07) is 16.1. The van der Waals surface area contributed by atoms with E-state index in [-0.39, 0.29) is 13.2 Å². The number of aliphatic hydroxyl groups excluding tert-OH is 1. The van der Waals surface area contributed by atoms with Gasteiger partial charge in [0.05, 0.1) is 18.5 Å². The third-order valence-corrected chi connectivity index (χ3v) is 3.51. The van der Waals surface area contributed by atoms with Gasteiger partial charge in [0.15, 0.2) is 0 Å². The average Bonchev–Trinajstić information content (AvgIpc) is 2.66. The second kappa shape index (κ2) is 8.08. The highest BCUT2D eigenvalue weighted by Gasteiger charge is 2.00. The van der Waals surface area contributed by atoms with Crippen LogP contribution in [0.2, 0.25) is 0 Å². The number of anilines is 1. The number of aromatic nitrogens is 2. The molecule has 0 aliphatic rings. The van der Waals surface area contributed by atoms with Crippen LogP contribution >= 0.6 is 0 Å². The molecule has 0 spiro atoms. The van der Waals surface area contributed by atoms with Gasteiger partial charge in [0.2, 0.25) is 5.88 Å². The van der Waals surface area contributed by atoms with Gasteiger partial charge in [0.25, 0.3) is 0 Å². The number of nitrogens with zero attached hydrogens (tertiary/aromatic N) is 2. The highest BCUT2D eigenvalue weighted by molar-refractivity contribution is 5.63. The van der Waals surface area contributed by atoms with Gasteiger partial charge in [-0.05, 0) is 41.0 Å². The van der Waals surface area contributed by atoms with Crippen molar-refractivity contribution in [1.29, 1.82) is 0 Å². The van der Waals surface area contributed by atoms with Gasteiger partial charge in [0.1, 0.15) is 6.61 Å². The first-order valence-electron chi connectivity index (χ1n) is 7.78. The summed E-state index contributed by atoms with van der Waals surface area (Å²) in [5, 5.41) is 12.1. The molecule has 5 nitrogen and oxygen atoms in total. The summed E-state index contributed by atoms with van der Waals surface area (Å²) in [4.78, 5) is 8.24. The lowest BCUT2D eigenvalue weighted by atomic mass is 10.0. The van der Waals surface area contributed by atoms with Gasteiger partial charge in [0, 0.05) is 25.0 Å². The van der Waals surface area contributed by atoms with Crippen molar-refractivity contribution in [3.8, 4) is 17.0 Å². The Morgan fingerprint density at radius 2 is 1.88 bits per heavy atom. The summed E-state index contributed by atoms with van der Waals surface area (Å²) in [5.41, 5.74) is 4.42. The first kappa shape index (κ1) is 16.0. The summed E-state index contributed by atoms with van der Waals surface area (Å²) in [5.74, 6) is 0.509. The molecular weight excluding hydrogens is 302 g/mol. The molecule has 1 aromatic carbocycles. The number of nitrogens with one attached hydrogen (secondary N) is 1. The molecule has 0 unspecified atom stereocenters. The van der Waals surface area contributed by atoms with Crippen molar-refractivity contribution in [3.05, 3.63) is 72.7 Å². The van der Waals surface area contributed by atoms with Gasteiger partial charge in [-0.25, -0.2) is 4.98 Å². The molecule has 0 aliphatic carbocycles. The number of rotatable bonds is 7. The molecule has 3 rings (SSSR count). The minimum atomic E-state index is -0.0184. The average molecular weight is 321 g/mol. The molecular formula is C19H19N3O2. The normalized spacial score (nSPS) is 10.4. The van der Waals surface area contributed by atoms with Crippen molar-refractivity contribution in [1.82, 2.24) is 9.97 Å². The van der Waals surface area contributed by atoms with E-state index >= 15 is 0 Å². The molecule has 0 saturated carbocycles. The lowest BCUT2D eigenvalue weighted by Crippen LogP contribution is -2.04. The maximum Gasteiger partial charge on any atom is 0.213 e. The molecule has 0 radical (unpaired) electrons. The lowest BCUT2D eigenvalue weighted by molar-refractivity contribution is 0.196. The molecule has 2 N–H and O–H groups in total. The smallest absolute Gasteiger partial charge is 0.213 e. The van der Waals surface area contributed by atoms with Crippen LogP contribution in [0.5, 0.6) is 5.88 Å². The van der Waals surface area contributed by atoms with Crippen molar-refractivity contribution in [3.63, 3.8) is 0 Å². The summed E-state index contributed by atoms with van der Waals surface area (Å²) in [6.07, 6.45) is 5.32. The van der Waals surface area contributed by atoms with E-state index in [0.717, 1.165) is 11.3 Å². The fourth-order valence-corrected chi connectivity index (χ4v) is 2.33. The summed E-state index contributed by atoms with van der Waals surface area (Å²) >= 11 is 0. The molecule has 2 aromatic heterocycles. The van der Waals surface area contributed by atoms with E-state index in [1.165, 1.54) is 11.1 Å².